The molecule has 1 N–H and O–H groups in total. The van der Waals surface area contributed by atoms with Crippen molar-refractivity contribution in [1.82, 2.24) is 4.72 Å². The van der Waals surface area contributed by atoms with E-state index >= 15 is 0 Å². The SMILES string of the molecule is CC(OCC1CC1)C(=O)NS(=O)(=O)c1ccc(F)cc1. The number of ether oxygens (including phenoxy) is 1. The van der Waals surface area contributed by atoms with Crippen molar-refractivity contribution in [3.05, 3.63) is 30.1 Å². The number of benzene rings is 1. The Bertz CT molecular complexity index is 581. The Hall–Kier alpha value is -1.47. The molecule has 5 nitrogen and oxygen atoms in total. The van der Waals surface area contributed by atoms with E-state index in [0.717, 1.165) is 37.1 Å². The van der Waals surface area contributed by atoms with Crippen LogP contribution in [-0.4, -0.2) is 27.0 Å². The zero-order valence-electron chi connectivity index (χ0n) is 11.0. The number of rotatable bonds is 6. The van der Waals surface area contributed by atoms with Crippen LogP contribution in [0.1, 0.15) is 19.8 Å². The summed E-state index contributed by atoms with van der Waals surface area (Å²) in [6, 6.07) is 4.24. The molecule has 1 aromatic carbocycles. The average Bonchev–Trinajstić information content (AvgIpc) is 3.20. The predicted octanol–water partition coefficient (Wildman–Crippen LogP) is 1.45. The monoisotopic (exact) mass is 301 g/mol. The van der Waals surface area contributed by atoms with Crippen LogP contribution in [0.5, 0.6) is 0 Å². The summed E-state index contributed by atoms with van der Waals surface area (Å²) in [6.45, 7) is 1.96. The standard InChI is InChI=1S/C13H16FNO4S/c1-9(19-8-10-2-3-10)13(16)15-20(17,18)12-6-4-11(14)5-7-12/h4-7,9-10H,2-3,8H2,1H3,(H,15,16). The first-order valence-corrected chi connectivity index (χ1v) is 7.80. The van der Waals surface area contributed by atoms with Crippen molar-refractivity contribution in [3.8, 4) is 0 Å². The largest absolute Gasteiger partial charge is 0.368 e. The van der Waals surface area contributed by atoms with Gasteiger partial charge in [-0.1, -0.05) is 0 Å². The lowest BCUT2D eigenvalue weighted by Gasteiger charge is -2.13. The Labute approximate surface area is 117 Å². The van der Waals surface area contributed by atoms with Crippen LogP contribution in [0.4, 0.5) is 4.39 Å². The number of carbonyl (C=O) groups is 1. The lowest BCUT2D eigenvalue weighted by Crippen LogP contribution is -2.38. The molecule has 20 heavy (non-hydrogen) atoms. The number of hydrogen-bond acceptors (Lipinski definition) is 4. The molecule has 110 valence electrons. The average molecular weight is 301 g/mol. The fraction of sp³-hybridized carbons (Fsp3) is 0.462. The van der Waals surface area contributed by atoms with Crippen LogP contribution in [0, 0.1) is 11.7 Å². The summed E-state index contributed by atoms with van der Waals surface area (Å²) < 4.78 is 43.8. The van der Waals surface area contributed by atoms with Crippen molar-refractivity contribution in [3.63, 3.8) is 0 Å². The molecule has 1 amide bonds. The first kappa shape index (κ1) is 14.9. The molecule has 1 atom stereocenters. The number of amides is 1. The van der Waals surface area contributed by atoms with Crippen LogP contribution < -0.4 is 4.72 Å². The zero-order chi connectivity index (χ0) is 14.8. The molecule has 7 heteroatoms. The molecule has 0 aromatic heterocycles. The molecule has 0 aliphatic heterocycles. The van der Waals surface area contributed by atoms with Gasteiger partial charge in [0.05, 0.1) is 11.5 Å². The summed E-state index contributed by atoms with van der Waals surface area (Å²) in [7, 11) is -3.99. The molecule has 1 aliphatic rings. The minimum Gasteiger partial charge on any atom is -0.368 e. The van der Waals surface area contributed by atoms with Crippen molar-refractivity contribution in [2.75, 3.05) is 6.61 Å². The first-order valence-electron chi connectivity index (χ1n) is 6.32. The van der Waals surface area contributed by atoms with Crippen molar-refractivity contribution in [2.45, 2.75) is 30.8 Å². The molecular formula is C13H16FNO4S. The molecule has 1 aliphatic carbocycles. The molecule has 2 rings (SSSR count). The highest BCUT2D eigenvalue weighted by molar-refractivity contribution is 7.90. The van der Waals surface area contributed by atoms with Crippen molar-refractivity contribution >= 4 is 15.9 Å². The quantitative estimate of drug-likeness (QED) is 0.863. The number of carbonyl (C=O) groups excluding carboxylic acids is 1. The van der Waals surface area contributed by atoms with Gasteiger partial charge in [-0.2, -0.15) is 0 Å². The minimum atomic E-state index is -3.99. The Kier molecular flexibility index (Phi) is 4.39. The fourth-order valence-electron chi connectivity index (χ4n) is 1.53. The third-order valence-corrected chi connectivity index (χ3v) is 4.37. The second-order valence-corrected chi connectivity index (χ2v) is 6.53. The highest BCUT2D eigenvalue weighted by Crippen LogP contribution is 2.29. The number of halogens is 1. The van der Waals surface area contributed by atoms with E-state index in [1.807, 2.05) is 4.72 Å². The summed E-state index contributed by atoms with van der Waals surface area (Å²) in [5, 5.41) is 0. The Morgan fingerprint density at radius 1 is 1.40 bits per heavy atom. The molecule has 1 fully saturated rings. The smallest absolute Gasteiger partial charge is 0.264 e. The molecule has 1 saturated carbocycles. The molecule has 0 bridgehead atoms. The first-order chi connectivity index (χ1) is 9.38. The summed E-state index contributed by atoms with van der Waals surface area (Å²) in [4.78, 5) is 11.6. The Morgan fingerprint density at radius 2 is 2.00 bits per heavy atom. The molecule has 1 aromatic rings. The van der Waals surface area contributed by atoms with E-state index in [0.29, 0.717) is 12.5 Å². The maximum Gasteiger partial charge on any atom is 0.264 e. The number of hydrogen-bond donors (Lipinski definition) is 1. The molecule has 0 saturated heterocycles. The van der Waals surface area contributed by atoms with Gasteiger partial charge in [0.1, 0.15) is 11.9 Å². The van der Waals surface area contributed by atoms with Gasteiger partial charge in [0, 0.05) is 0 Å². The normalized spacial score (nSPS) is 16.7. The van der Waals surface area contributed by atoms with E-state index in [1.165, 1.54) is 6.92 Å². The highest BCUT2D eigenvalue weighted by atomic mass is 32.2. The summed E-state index contributed by atoms with van der Waals surface area (Å²) in [6.07, 6.45) is 1.33. The number of nitrogens with one attached hydrogen (secondary N) is 1. The van der Waals surface area contributed by atoms with Gasteiger partial charge in [-0.3, -0.25) is 4.79 Å². The van der Waals surface area contributed by atoms with Crippen LogP contribution in [0.2, 0.25) is 0 Å². The Morgan fingerprint density at radius 3 is 2.55 bits per heavy atom. The lowest BCUT2D eigenvalue weighted by molar-refractivity contribution is -0.130. The van der Waals surface area contributed by atoms with Gasteiger partial charge in [0.2, 0.25) is 0 Å². The van der Waals surface area contributed by atoms with Gasteiger partial charge in [-0.05, 0) is 49.9 Å². The van der Waals surface area contributed by atoms with E-state index in [-0.39, 0.29) is 4.90 Å². The van der Waals surface area contributed by atoms with Gasteiger partial charge >= 0.3 is 0 Å². The third kappa shape index (κ3) is 4.01. The zero-order valence-corrected chi connectivity index (χ0v) is 11.8. The second-order valence-electron chi connectivity index (χ2n) is 4.84. The third-order valence-electron chi connectivity index (χ3n) is 3.01. The van der Waals surface area contributed by atoms with Gasteiger partial charge in [-0.25, -0.2) is 17.5 Å². The summed E-state index contributed by atoms with van der Waals surface area (Å²) in [5.41, 5.74) is 0. The molecule has 0 heterocycles. The van der Waals surface area contributed by atoms with Crippen LogP contribution in [0.25, 0.3) is 0 Å². The van der Waals surface area contributed by atoms with Crippen LogP contribution in [0.3, 0.4) is 0 Å². The van der Waals surface area contributed by atoms with Crippen LogP contribution >= 0.6 is 0 Å². The van der Waals surface area contributed by atoms with Crippen molar-refractivity contribution in [2.24, 2.45) is 5.92 Å². The molecule has 0 radical (unpaired) electrons. The van der Waals surface area contributed by atoms with E-state index in [1.54, 1.807) is 0 Å². The second kappa shape index (κ2) is 5.88. The summed E-state index contributed by atoms with van der Waals surface area (Å²) >= 11 is 0. The lowest BCUT2D eigenvalue weighted by atomic mass is 10.4. The topological polar surface area (TPSA) is 72.5 Å². The number of sulfonamides is 1. The molecule has 0 spiro atoms. The van der Waals surface area contributed by atoms with E-state index in [2.05, 4.69) is 0 Å². The van der Waals surface area contributed by atoms with Gasteiger partial charge in [0.25, 0.3) is 15.9 Å². The van der Waals surface area contributed by atoms with Crippen molar-refractivity contribution < 1.29 is 22.3 Å². The highest BCUT2D eigenvalue weighted by Gasteiger charge is 2.26. The minimum absolute atomic E-state index is 0.165. The Balaban J connectivity index is 1.95. The fourth-order valence-corrected chi connectivity index (χ4v) is 2.57. The maximum absolute atomic E-state index is 12.7. The van der Waals surface area contributed by atoms with Gasteiger partial charge in [0.15, 0.2) is 0 Å². The van der Waals surface area contributed by atoms with Crippen molar-refractivity contribution in [1.29, 1.82) is 0 Å². The van der Waals surface area contributed by atoms with Gasteiger partial charge in [-0.15, -0.1) is 0 Å². The van der Waals surface area contributed by atoms with Crippen LogP contribution in [-0.2, 0) is 19.6 Å². The van der Waals surface area contributed by atoms with E-state index < -0.39 is 27.9 Å². The van der Waals surface area contributed by atoms with Gasteiger partial charge < -0.3 is 4.74 Å². The predicted molar refractivity (Wildman–Crippen MR) is 69.9 cm³/mol. The molecule has 1 unspecified atom stereocenters. The molecular weight excluding hydrogens is 285 g/mol. The van der Waals surface area contributed by atoms with E-state index in [9.17, 15) is 17.6 Å². The van der Waals surface area contributed by atoms with E-state index in [4.69, 9.17) is 4.74 Å². The van der Waals surface area contributed by atoms with Crippen LogP contribution in [0.15, 0.2) is 29.2 Å². The maximum atomic E-state index is 12.7. The summed E-state index contributed by atoms with van der Waals surface area (Å²) in [5.74, 6) is -0.787.